The fourth-order valence-electron chi connectivity index (χ4n) is 2.83. The Bertz CT molecular complexity index is 860. The van der Waals surface area contributed by atoms with Crippen molar-refractivity contribution in [2.45, 2.75) is 30.3 Å². The van der Waals surface area contributed by atoms with Crippen LogP contribution in [0.15, 0.2) is 47.4 Å². The first-order valence-corrected chi connectivity index (χ1v) is 9.80. The molecule has 0 N–H and O–H groups in total. The normalized spacial score (nSPS) is 14.3. The molecule has 0 spiro atoms. The minimum Gasteiger partial charge on any atom is -0.497 e. The van der Waals surface area contributed by atoms with Gasteiger partial charge in [0.2, 0.25) is 10.0 Å². The third kappa shape index (κ3) is 3.78. The third-order valence-corrected chi connectivity index (χ3v) is 6.35. The van der Waals surface area contributed by atoms with Gasteiger partial charge in [0.05, 0.1) is 26.2 Å². The van der Waals surface area contributed by atoms with Gasteiger partial charge in [-0.2, -0.15) is 4.31 Å². The maximum absolute atomic E-state index is 13.2. The summed E-state index contributed by atoms with van der Waals surface area (Å²) in [5, 5.41) is 0. The van der Waals surface area contributed by atoms with Gasteiger partial charge in [-0.1, -0.05) is 0 Å². The summed E-state index contributed by atoms with van der Waals surface area (Å²) in [6, 6.07) is 11.9. The van der Waals surface area contributed by atoms with E-state index in [1.54, 1.807) is 62.0 Å². The molecule has 0 unspecified atom stereocenters. The fourth-order valence-corrected chi connectivity index (χ4v) is 4.49. The average Bonchev–Trinajstić information content (AvgIpc) is 3.50. The van der Waals surface area contributed by atoms with E-state index in [9.17, 15) is 8.42 Å². The number of sulfonamides is 1. The van der Waals surface area contributed by atoms with Crippen LogP contribution in [-0.2, 0) is 16.6 Å². The van der Waals surface area contributed by atoms with Gasteiger partial charge in [0, 0.05) is 18.2 Å². The summed E-state index contributed by atoms with van der Waals surface area (Å²) in [6.07, 6.45) is 1.73. The van der Waals surface area contributed by atoms with E-state index >= 15 is 0 Å². The molecule has 3 rings (SSSR count). The van der Waals surface area contributed by atoms with Crippen molar-refractivity contribution in [1.82, 2.24) is 4.31 Å². The summed E-state index contributed by atoms with van der Waals surface area (Å²) in [5.74, 6) is 1.93. The smallest absolute Gasteiger partial charge is 0.243 e. The average molecular weight is 377 g/mol. The molecule has 0 atom stereocenters. The van der Waals surface area contributed by atoms with Crippen LogP contribution in [0.4, 0.5) is 0 Å². The van der Waals surface area contributed by atoms with E-state index in [1.165, 1.54) is 0 Å². The molecule has 26 heavy (non-hydrogen) atoms. The molecule has 0 heterocycles. The molecule has 0 bridgehead atoms. The van der Waals surface area contributed by atoms with Gasteiger partial charge in [0.1, 0.15) is 17.2 Å². The zero-order valence-corrected chi connectivity index (χ0v) is 16.0. The van der Waals surface area contributed by atoms with E-state index in [4.69, 9.17) is 14.2 Å². The molecule has 0 aromatic heterocycles. The highest BCUT2D eigenvalue weighted by atomic mass is 32.2. The van der Waals surface area contributed by atoms with Crippen LogP contribution < -0.4 is 14.2 Å². The number of benzene rings is 2. The Morgan fingerprint density at radius 3 is 2.08 bits per heavy atom. The predicted molar refractivity (Wildman–Crippen MR) is 98.3 cm³/mol. The molecule has 2 aromatic carbocycles. The van der Waals surface area contributed by atoms with Gasteiger partial charge in [0.15, 0.2) is 0 Å². The summed E-state index contributed by atoms with van der Waals surface area (Å²) < 4.78 is 43.7. The molecular formula is C19H23NO5S. The highest BCUT2D eigenvalue weighted by Crippen LogP contribution is 2.36. The van der Waals surface area contributed by atoms with Crippen LogP contribution in [-0.4, -0.2) is 40.1 Å². The topological polar surface area (TPSA) is 65.1 Å². The Balaban J connectivity index is 1.94. The number of methoxy groups -OCH3 is 3. The van der Waals surface area contributed by atoms with Gasteiger partial charge in [-0.15, -0.1) is 0 Å². The molecule has 1 saturated carbocycles. The zero-order chi connectivity index (χ0) is 18.7. The second kappa shape index (κ2) is 7.55. The number of nitrogens with zero attached hydrogens (tertiary/aromatic N) is 1. The summed E-state index contributed by atoms with van der Waals surface area (Å²) in [7, 11) is 1.08. The van der Waals surface area contributed by atoms with Crippen LogP contribution in [0.5, 0.6) is 17.2 Å². The first-order chi connectivity index (χ1) is 12.5. The van der Waals surface area contributed by atoms with Gasteiger partial charge < -0.3 is 14.2 Å². The maximum atomic E-state index is 13.2. The van der Waals surface area contributed by atoms with Crippen LogP contribution in [0.25, 0.3) is 0 Å². The molecule has 2 aromatic rings. The molecule has 0 radical (unpaired) electrons. The summed E-state index contributed by atoms with van der Waals surface area (Å²) in [4.78, 5) is 0.257. The second-order valence-corrected chi connectivity index (χ2v) is 8.03. The number of ether oxygens (including phenoxy) is 3. The van der Waals surface area contributed by atoms with Crippen LogP contribution in [0, 0.1) is 0 Å². The first-order valence-electron chi connectivity index (χ1n) is 8.36. The molecule has 140 valence electrons. The van der Waals surface area contributed by atoms with Gasteiger partial charge in [0.25, 0.3) is 0 Å². The fraction of sp³-hybridized carbons (Fsp3) is 0.368. The van der Waals surface area contributed by atoms with Crippen molar-refractivity contribution in [1.29, 1.82) is 0 Å². The number of hydrogen-bond acceptors (Lipinski definition) is 5. The van der Waals surface area contributed by atoms with E-state index < -0.39 is 10.0 Å². The largest absolute Gasteiger partial charge is 0.497 e. The van der Waals surface area contributed by atoms with Crippen molar-refractivity contribution in [2.75, 3.05) is 21.3 Å². The molecule has 1 aliphatic rings. The van der Waals surface area contributed by atoms with Gasteiger partial charge in [-0.05, 0) is 55.3 Å². The molecular weight excluding hydrogens is 354 g/mol. The highest BCUT2D eigenvalue weighted by Gasteiger charge is 2.38. The SMILES string of the molecule is COc1ccc(S(=O)(=O)N(Cc2cc(OC)ccc2OC)C2CC2)cc1. The van der Waals surface area contributed by atoms with Crippen molar-refractivity contribution in [3.8, 4) is 17.2 Å². The van der Waals surface area contributed by atoms with Crippen molar-refractivity contribution < 1.29 is 22.6 Å². The summed E-state index contributed by atoms with van der Waals surface area (Å²) >= 11 is 0. The standard InChI is InChI=1S/C19H23NO5S/c1-23-16-6-9-18(10-7-16)26(21,22)20(15-4-5-15)13-14-12-17(24-2)8-11-19(14)25-3/h6-12,15H,4-5,13H2,1-3H3. The van der Waals surface area contributed by atoms with Crippen LogP contribution in [0.3, 0.4) is 0 Å². The lowest BCUT2D eigenvalue weighted by molar-refractivity contribution is 0.369. The molecule has 0 amide bonds. The molecule has 1 fully saturated rings. The van der Waals surface area contributed by atoms with Gasteiger partial charge in [-0.25, -0.2) is 8.42 Å². The lowest BCUT2D eigenvalue weighted by Gasteiger charge is -2.23. The maximum Gasteiger partial charge on any atom is 0.243 e. The van der Waals surface area contributed by atoms with E-state index in [0.717, 1.165) is 18.4 Å². The lowest BCUT2D eigenvalue weighted by atomic mass is 10.2. The van der Waals surface area contributed by atoms with Crippen molar-refractivity contribution in [3.05, 3.63) is 48.0 Å². The Hall–Kier alpha value is -2.25. The number of hydrogen-bond donors (Lipinski definition) is 0. The minimum absolute atomic E-state index is 0.0120. The molecule has 7 heteroatoms. The van der Waals surface area contributed by atoms with E-state index in [2.05, 4.69) is 0 Å². The first kappa shape index (κ1) is 18.5. The Labute approximate surface area is 154 Å². The van der Waals surface area contributed by atoms with Crippen molar-refractivity contribution in [3.63, 3.8) is 0 Å². The van der Waals surface area contributed by atoms with Crippen LogP contribution in [0.1, 0.15) is 18.4 Å². The number of rotatable bonds is 8. The van der Waals surface area contributed by atoms with Crippen LogP contribution >= 0.6 is 0 Å². The van der Waals surface area contributed by atoms with Gasteiger partial charge >= 0.3 is 0 Å². The van der Waals surface area contributed by atoms with Crippen LogP contribution in [0.2, 0.25) is 0 Å². The molecule has 0 saturated heterocycles. The molecule has 0 aliphatic heterocycles. The highest BCUT2D eigenvalue weighted by molar-refractivity contribution is 7.89. The minimum atomic E-state index is -3.62. The van der Waals surface area contributed by atoms with E-state index in [0.29, 0.717) is 17.2 Å². The Morgan fingerprint density at radius 2 is 1.54 bits per heavy atom. The molecule has 6 nitrogen and oxygen atoms in total. The third-order valence-electron chi connectivity index (χ3n) is 4.43. The van der Waals surface area contributed by atoms with Crippen molar-refractivity contribution >= 4 is 10.0 Å². The van der Waals surface area contributed by atoms with Crippen molar-refractivity contribution in [2.24, 2.45) is 0 Å². The lowest BCUT2D eigenvalue weighted by Crippen LogP contribution is -2.32. The molecule has 1 aliphatic carbocycles. The summed E-state index contributed by atoms with van der Waals surface area (Å²) in [6.45, 7) is 0.236. The summed E-state index contributed by atoms with van der Waals surface area (Å²) in [5.41, 5.74) is 0.774. The zero-order valence-electron chi connectivity index (χ0n) is 15.1. The Morgan fingerprint density at radius 1 is 0.923 bits per heavy atom. The van der Waals surface area contributed by atoms with E-state index in [1.807, 2.05) is 6.07 Å². The Kier molecular flexibility index (Phi) is 5.38. The second-order valence-electron chi connectivity index (χ2n) is 6.13. The monoisotopic (exact) mass is 377 g/mol. The van der Waals surface area contributed by atoms with E-state index in [-0.39, 0.29) is 17.5 Å². The predicted octanol–water partition coefficient (Wildman–Crippen LogP) is 3.07. The van der Waals surface area contributed by atoms with Gasteiger partial charge in [-0.3, -0.25) is 0 Å². The quantitative estimate of drug-likeness (QED) is 0.707.